The largest absolute Gasteiger partial charge is 0.496 e. The van der Waals surface area contributed by atoms with Gasteiger partial charge in [0, 0.05) is 10.6 Å². The van der Waals surface area contributed by atoms with Gasteiger partial charge in [-0.25, -0.2) is 4.39 Å². The first-order valence-electron chi connectivity index (χ1n) is 6.86. The third kappa shape index (κ3) is 3.55. The van der Waals surface area contributed by atoms with E-state index in [1.54, 1.807) is 19.2 Å². The molecule has 0 saturated heterocycles. The van der Waals surface area contributed by atoms with Crippen molar-refractivity contribution in [1.82, 2.24) is 0 Å². The molecule has 1 unspecified atom stereocenters. The zero-order valence-corrected chi connectivity index (χ0v) is 13.0. The normalized spacial score (nSPS) is 13.8. The van der Waals surface area contributed by atoms with Crippen LogP contribution in [0.4, 0.5) is 4.39 Å². The Hall–Kier alpha value is -1.58. The molecule has 112 valence electrons. The minimum atomic E-state index is -0.667. The summed E-state index contributed by atoms with van der Waals surface area (Å²) >= 11 is 6.06. The Morgan fingerprint density at radius 2 is 2.00 bits per heavy atom. The Morgan fingerprint density at radius 1 is 1.24 bits per heavy atom. The summed E-state index contributed by atoms with van der Waals surface area (Å²) in [7, 11) is 1.61. The minimum Gasteiger partial charge on any atom is -0.496 e. The molecule has 0 aromatic heterocycles. The fraction of sp³-hybridized carbons (Fsp3) is 0.294. The van der Waals surface area contributed by atoms with Gasteiger partial charge in [-0.3, -0.25) is 0 Å². The first-order chi connectivity index (χ1) is 9.98. The maximum atomic E-state index is 13.5. The van der Waals surface area contributed by atoms with Crippen LogP contribution in [-0.4, -0.2) is 7.11 Å². The summed E-state index contributed by atoms with van der Waals surface area (Å²) in [6.45, 7) is 1.99. The number of nitrogens with two attached hydrogens (primary N) is 1. The van der Waals surface area contributed by atoms with E-state index in [4.69, 9.17) is 22.1 Å². The van der Waals surface area contributed by atoms with Gasteiger partial charge in [0.05, 0.1) is 7.11 Å². The zero-order valence-electron chi connectivity index (χ0n) is 12.2. The Labute approximate surface area is 129 Å². The molecule has 0 bridgehead atoms. The van der Waals surface area contributed by atoms with E-state index >= 15 is 0 Å². The smallest absolute Gasteiger partial charge is 0.123 e. The Balaban J connectivity index is 2.40. The van der Waals surface area contributed by atoms with Gasteiger partial charge in [0.2, 0.25) is 0 Å². The van der Waals surface area contributed by atoms with Gasteiger partial charge in [0.15, 0.2) is 0 Å². The van der Waals surface area contributed by atoms with Crippen molar-refractivity contribution in [3.8, 4) is 5.75 Å². The summed E-state index contributed by atoms with van der Waals surface area (Å²) in [5.41, 5.74) is 7.55. The fourth-order valence-electron chi connectivity index (χ4n) is 2.45. The highest BCUT2D eigenvalue weighted by Crippen LogP contribution is 2.32. The van der Waals surface area contributed by atoms with Crippen LogP contribution >= 0.6 is 11.6 Å². The number of rotatable bonds is 5. The van der Waals surface area contributed by atoms with Gasteiger partial charge in [-0.2, -0.15) is 0 Å². The lowest BCUT2D eigenvalue weighted by Crippen LogP contribution is -2.38. The van der Waals surface area contributed by atoms with Gasteiger partial charge in [-0.15, -0.1) is 0 Å². The lowest BCUT2D eigenvalue weighted by atomic mass is 9.82. The number of methoxy groups -OCH3 is 1. The zero-order chi connectivity index (χ0) is 15.5. The summed E-state index contributed by atoms with van der Waals surface area (Å²) in [5.74, 6) is 0.452. The van der Waals surface area contributed by atoms with E-state index in [-0.39, 0.29) is 5.82 Å². The highest BCUT2D eigenvalue weighted by atomic mass is 35.5. The molecular formula is C17H19ClFNO. The van der Waals surface area contributed by atoms with Crippen LogP contribution in [0, 0.1) is 5.82 Å². The van der Waals surface area contributed by atoms with Gasteiger partial charge >= 0.3 is 0 Å². The number of ether oxygens (including phenoxy) is 1. The molecule has 0 spiro atoms. The highest BCUT2D eigenvalue weighted by Gasteiger charge is 2.27. The molecule has 0 saturated carbocycles. The predicted molar refractivity (Wildman–Crippen MR) is 84.3 cm³/mol. The molecule has 0 aliphatic carbocycles. The van der Waals surface area contributed by atoms with Gasteiger partial charge in [0.1, 0.15) is 11.6 Å². The van der Waals surface area contributed by atoms with Crippen molar-refractivity contribution in [3.63, 3.8) is 0 Å². The summed E-state index contributed by atoms with van der Waals surface area (Å²) in [6, 6.07) is 11.9. The fourth-order valence-corrected chi connectivity index (χ4v) is 2.65. The molecule has 1 atom stereocenters. The third-order valence-electron chi connectivity index (χ3n) is 3.78. The molecule has 0 radical (unpaired) electrons. The van der Waals surface area contributed by atoms with E-state index in [9.17, 15) is 4.39 Å². The van der Waals surface area contributed by atoms with Crippen LogP contribution in [0.15, 0.2) is 42.5 Å². The summed E-state index contributed by atoms with van der Waals surface area (Å²) in [4.78, 5) is 0. The monoisotopic (exact) mass is 307 g/mol. The molecular weight excluding hydrogens is 289 g/mol. The summed E-state index contributed by atoms with van der Waals surface area (Å²) in [6.07, 6.45) is 1.20. The van der Waals surface area contributed by atoms with E-state index in [1.807, 2.05) is 25.1 Å². The van der Waals surface area contributed by atoms with Crippen LogP contribution in [0.3, 0.4) is 0 Å². The number of benzene rings is 2. The molecule has 0 aliphatic heterocycles. The van der Waals surface area contributed by atoms with Crippen LogP contribution < -0.4 is 10.5 Å². The molecule has 0 amide bonds. The predicted octanol–water partition coefficient (Wildman–Crippen LogP) is 4.29. The van der Waals surface area contributed by atoms with Crippen molar-refractivity contribution < 1.29 is 9.13 Å². The average Bonchev–Trinajstić information content (AvgIpc) is 2.47. The number of hydrogen-bond acceptors (Lipinski definition) is 2. The summed E-state index contributed by atoms with van der Waals surface area (Å²) < 4.78 is 18.8. The molecule has 21 heavy (non-hydrogen) atoms. The standard InChI is InChI=1S/C17H19ClFNO/c1-3-17(20,13-5-4-6-15(19)10-13)11-12-9-14(18)7-8-16(12)21-2/h4-10H,3,11,20H2,1-2H3. The SMILES string of the molecule is CCC(N)(Cc1cc(Cl)ccc1OC)c1cccc(F)c1. The van der Waals surface area contributed by atoms with Crippen LogP contribution in [-0.2, 0) is 12.0 Å². The molecule has 2 aromatic rings. The lowest BCUT2D eigenvalue weighted by molar-refractivity contribution is 0.386. The van der Waals surface area contributed by atoms with E-state index in [2.05, 4.69) is 0 Å². The first-order valence-corrected chi connectivity index (χ1v) is 7.23. The van der Waals surface area contributed by atoms with E-state index in [0.717, 1.165) is 16.9 Å². The second kappa shape index (κ2) is 6.46. The Kier molecular flexibility index (Phi) is 4.86. The van der Waals surface area contributed by atoms with Crippen molar-refractivity contribution in [1.29, 1.82) is 0 Å². The maximum Gasteiger partial charge on any atom is 0.123 e. The second-order valence-electron chi connectivity index (χ2n) is 5.15. The van der Waals surface area contributed by atoms with E-state index in [0.29, 0.717) is 17.9 Å². The van der Waals surface area contributed by atoms with Crippen molar-refractivity contribution in [3.05, 3.63) is 64.4 Å². The van der Waals surface area contributed by atoms with E-state index in [1.165, 1.54) is 12.1 Å². The van der Waals surface area contributed by atoms with E-state index < -0.39 is 5.54 Å². The second-order valence-corrected chi connectivity index (χ2v) is 5.59. The van der Waals surface area contributed by atoms with Crippen molar-refractivity contribution >= 4 is 11.6 Å². The van der Waals surface area contributed by atoms with Gasteiger partial charge in [-0.1, -0.05) is 30.7 Å². The quantitative estimate of drug-likeness (QED) is 0.894. The molecule has 2 N–H and O–H groups in total. The highest BCUT2D eigenvalue weighted by molar-refractivity contribution is 6.30. The molecule has 0 aliphatic rings. The lowest BCUT2D eigenvalue weighted by Gasteiger charge is -2.30. The minimum absolute atomic E-state index is 0.283. The van der Waals surface area contributed by atoms with Crippen molar-refractivity contribution in [2.75, 3.05) is 7.11 Å². The Morgan fingerprint density at radius 3 is 2.62 bits per heavy atom. The summed E-state index contributed by atoms with van der Waals surface area (Å²) in [5, 5.41) is 0.628. The topological polar surface area (TPSA) is 35.2 Å². The van der Waals surface area contributed by atoms with Crippen LogP contribution in [0.1, 0.15) is 24.5 Å². The molecule has 2 rings (SSSR count). The molecule has 4 heteroatoms. The number of halogens is 2. The average molecular weight is 308 g/mol. The van der Waals surface area contributed by atoms with Crippen molar-refractivity contribution in [2.24, 2.45) is 5.73 Å². The van der Waals surface area contributed by atoms with Gasteiger partial charge < -0.3 is 10.5 Å². The Bertz CT molecular complexity index is 632. The third-order valence-corrected chi connectivity index (χ3v) is 4.01. The maximum absolute atomic E-state index is 13.5. The van der Waals surface area contributed by atoms with Gasteiger partial charge in [-0.05, 0) is 54.3 Å². The molecule has 2 aromatic carbocycles. The van der Waals surface area contributed by atoms with Crippen LogP contribution in [0.2, 0.25) is 5.02 Å². The molecule has 0 heterocycles. The number of hydrogen-bond donors (Lipinski definition) is 1. The first kappa shape index (κ1) is 15.8. The molecule has 2 nitrogen and oxygen atoms in total. The van der Waals surface area contributed by atoms with Crippen LogP contribution in [0.5, 0.6) is 5.75 Å². The van der Waals surface area contributed by atoms with Crippen molar-refractivity contribution in [2.45, 2.75) is 25.3 Å². The molecule has 0 fully saturated rings. The van der Waals surface area contributed by atoms with Crippen LogP contribution in [0.25, 0.3) is 0 Å². The van der Waals surface area contributed by atoms with Gasteiger partial charge in [0.25, 0.3) is 0 Å².